The molecule has 1 heterocycles. The maximum absolute atomic E-state index is 13.8. The molecule has 2 atom stereocenters. The van der Waals surface area contributed by atoms with Crippen molar-refractivity contribution in [2.75, 3.05) is 6.54 Å². The summed E-state index contributed by atoms with van der Waals surface area (Å²) in [7, 11) is 0. The maximum Gasteiger partial charge on any atom is 0.410 e. The van der Waals surface area contributed by atoms with Crippen LogP contribution in [0.3, 0.4) is 0 Å². The minimum atomic E-state index is -1.51. The average Bonchev–Trinajstić information content (AvgIpc) is 3.39. The zero-order chi connectivity index (χ0) is 26.5. The second kappa shape index (κ2) is 11.2. The number of carbonyl (C=O) groups is 2. The molecule has 0 radical (unpaired) electrons. The number of amides is 2. The lowest BCUT2D eigenvalue weighted by Gasteiger charge is -2.39. The fraction of sp³-hybridized carbons (Fsp3) is 0.355. The summed E-state index contributed by atoms with van der Waals surface area (Å²) >= 11 is 0. The molecule has 6 heteroatoms. The molecular formula is C31H36N2O4. The minimum absolute atomic E-state index is 0.297. The number of ether oxygens (including phenoxy) is 1. The monoisotopic (exact) mass is 500 g/mol. The molecular weight excluding hydrogens is 464 g/mol. The third-order valence-corrected chi connectivity index (χ3v) is 6.71. The van der Waals surface area contributed by atoms with E-state index in [-0.39, 0.29) is 5.91 Å². The molecule has 2 amide bonds. The van der Waals surface area contributed by atoms with Crippen molar-refractivity contribution in [3.8, 4) is 0 Å². The molecule has 194 valence electrons. The van der Waals surface area contributed by atoms with Crippen molar-refractivity contribution >= 4 is 12.0 Å². The van der Waals surface area contributed by atoms with E-state index >= 15 is 0 Å². The first kappa shape index (κ1) is 26.4. The summed E-state index contributed by atoms with van der Waals surface area (Å²) in [6.45, 7) is 5.89. The van der Waals surface area contributed by atoms with E-state index in [1.807, 2.05) is 112 Å². The number of aliphatic hydroxyl groups is 1. The highest BCUT2D eigenvalue weighted by Gasteiger charge is 2.44. The van der Waals surface area contributed by atoms with Gasteiger partial charge < -0.3 is 15.2 Å². The third kappa shape index (κ3) is 6.20. The molecule has 3 aromatic rings. The number of hydrogen-bond acceptors (Lipinski definition) is 4. The number of benzene rings is 3. The Bertz CT molecular complexity index is 1140. The first-order valence-corrected chi connectivity index (χ1v) is 12.9. The Balaban J connectivity index is 1.70. The Morgan fingerprint density at radius 3 is 1.95 bits per heavy atom. The highest BCUT2D eigenvalue weighted by Crippen LogP contribution is 2.35. The molecule has 37 heavy (non-hydrogen) atoms. The summed E-state index contributed by atoms with van der Waals surface area (Å²) in [5.74, 6) is -0.297. The van der Waals surface area contributed by atoms with Crippen LogP contribution in [0.5, 0.6) is 0 Å². The van der Waals surface area contributed by atoms with Crippen LogP contribution in [0.25, 0.3) is 0 Å². The van der Waals surface area contributed by atoms with Gasteiger partial charge in [0.2, 0.25) is 5.91 Å². The van der Waals surface area contributed by atoms with Crippen LogP contribution in [0.4, 0.5) is 4.79 Å². The standard InChI is InChI=1S/C31H36N2O4/c1-30(2,3)37-29(35)33-21-13-20-26(33)28(34)32-27(22-23-14-7-4-8-15-23)31(36,24-16-9-5-10-17-24)25-18-11-6-12-19-25/h4-12,14-19,26-27,36H,13,20-22H2,1-3H3,(H,32,34)/t26-,27-/m0/s1. The SMILES string of the molecule is CC(C)(C)OC(=O)N1CCC[C@H]1C(=O)N[C@@H](Cc1ccccc1)C(O)(c1ccccc1)c1ccccc1. The third-order valence-electron chi connectivity index (χ3n) is 6.71. The fourth-order valence-electron chi connectivity index (χ4n) is 4.95. The van der Waals surface area contributed by atoms with Crippen LogP contribution in [0, 0.1) is 0 Å². The van der Waals surface area contributed by atoms with Crippen molar-refractivity contribution in [1.29, 1.82) is 0 Å². The van der Waals surface area contributed by atoms with Gasteiger partial charge in [0.1, 0.15) is 17.2 Å². The van der Waals surface area contributed by atoms with Gasteiger partial charge in [-0.25, -0.2) is 4.79 Å². The van der Waals surface area contributed by atoms with Crippen molar-refractivity contribution in [2.45, 2.75) is 63.3 Å². The second-order valence-electron chi connectivity index (χ2n) is 10.6. The first-order chi connectivity index (χ1) is 17.7. The lowest BCUT2D eigenvalue weighted by molar-refractivity contribution is -0.128. The molecule has 1 saturated heterocycles. The summed E-state index contributed by atoms with van der Waals surface area (Å²) in [5, 5.41) is 15.6. The van der Waals surface area contributed by atoms with Gasteiger partial charge in [-0.1, -0.05) is 91.0 Å². The van der Waals surface area contributed by atoms with Crippen molar-refractivity contribution in [3.63, 3.8) is 0 Å². The predicted molar refractivity (Wildman–Crippen MR) is 144 cm³/mol. The Hall–Kier alpha value is -3.64. The van der Waals surface area contributed by atoms with Gasteiger partial charge in [-0.3, -0.25) is 9.69 Å². The number of carbonyl (C=O) groups excluding carboxylic acids is 2. The largest absolute Gasteiger partial charge is 0.444 e. The van der Waals surface area contributed by atoms with E-state index < -0.39 is 29.4 Å². The molecule has 3 aromatic carbocycles. The molecule has 1 fully saturated rings. The number of nitrogens with zero attached hydrogens (tertiary/aromatic N) is 1. The number of nitrogens with one attached hydrogen (secondary N) is 1. The van der Waals surface area contributed by atoms with Crippen LogP contribution in [0.15, 0.2) is 91.0 Å². The van der Waals surface area contributed by atoms with E-state index in [0.29, 0.717) is 36.9 Å². The molecule has 2 N–H and O–H groups in total. The van der Waals surface area contributed by atoms with Gasteiger partial charge in [-0.15, -0.1) is 0 Å². The molecule has 4 rings (SSSR count). The normalized spacial score (nSPS) is 16.8. The predicted octanol–water partition coefficient (Wildman–Crippen LogP) is 5.05. The topological polar surface area (TPSA) is 78.9 Å². The van der Waals surface area contributed by atoms with Crippen molar-refractivity contribution in [3.05, 3.63) is 108 Å². The molecule has 0 saturated carbocycles. The molecule has 0 aromatic heterocycles. The van der Waals surface area contributed by atoms with E-state index in [0.717, 1.165) is 5.56 Å². The second-order valence-corrected chi connectivity index (χ2v) is 10.6. The summed E-state index contributed by atoms with van der Waals surface area (Å²) in [5.41, 5.74) is 0.171. The average molecular weight is 501 g/mol. The van der Waals surface area contributed by atoms with E-state index in [1.165, 1.54) is 4.90 Å². The Labute approximate surface area is 219 Å². The van der Waals surface area contributed by atoms with Crippen LogP contribution < -0.4 is 5.32 Å². The first-order valence-electron chi connectivity index (χ1n) is 12.9. The van der Waals surface area contributed by atoms with Crippen molar-refractivity contribution in [1.82, 2.24) is 10.2 Å². The van der Waals surface area contributed by atoms with E-state index in [2.05, 4.69) is 5.32 Å². The van der Waals surface area contributed by atoms with E-state index in [4.69, 9.17) is 4.74 Å². The van der Waals surface area contributed by atoms with Crippen LogP contribution in [0.1, 0.15) is 50.3 Å². The number of likely N-dealkylation sites (tertiary alicyclic amines) is 1. The minimum Gasteiger partial charge on any atom is -0.444 e. The quantitative estimate of drug-likeness (QED) is 0.476. The highest BCUT2D eigenvalue weighted by molar-refractivity contribution is 5.86. The fourth-order valence-corrected chi connectivity index (χ4v) is 4.95. The van der Waals surface area contributed by atoms with Crippen LogP contribution >= 0.6 is 0 Å². The summed E-state index contributed by atoms with van der Waals surface area (Å²) < 4.78 is 5.57. The van der Waals surface area contributed by atoms with Gasteiger partial charge >= 0.3 is 6.09 Å². The number of rotatable bonds is 7. The Kier molecular flexibility index (Phi) is 7.98. The van der Waals surface area contributed by atoms with E-state index in [9.17, 15) is 14.7 Å². The van der Waals surface area contributed by atoms with E-state index in [1.54, 1.807) is 0 Å². The van der Waals surface area contributed by atoms with Gasteiger partial charge in [0.05, 0.1) is 6.04 Å². The maximum atomic E-state index is 13.8. The zero-order valence-corrected chi connectivity index (χ0v) is 21.8. The molecule has 1 aliphatic rings. The summed E-state index contributed by atoms with van der Waals surface area (Å²) in [6, 6.07) is 27.3. The zero-order valence-electron chi connectivity index (χ0n) is 21.8. The van der Waals surface area contributed by atoms with Crippen LogP contribution in [-0.2, 0) is 21.6 Å². The summed E-state index contributed by atoms with van der Waals surface area (Å²) in [6.07, 6.45) is 1.15. The molecule has 0 aliphatic carbocycles. The van der Waals surface area contributed by atoms with Crippen molar-refractivity contribution in [2.24, 2.45) is 0 Å². The van der Waals surface area contributed by atoms with Gasteiger partial charge in [0.15, 0.2) is 0 Å². The molecule has 0 spiro atoms. The van der Waals surface area contributed by atoms with Crippen LogP contribution in [0.2, 0.25) is 0 Å². The van der Waals surface area contributed by atoms with Gasteiger partial charge in [-0.05, 0) is 56.7 Å². The smallest absolute Gasteiger partial charge is 0.410 e. The van der Waals surface area contributed by atoms with Crippen molar-refractivity contribution < 1.29 is 19.4 Å². The molecule has 0 bridgehead atoms. The van der Waals surface area contributed by atoms with Gasteiger partial charge in [-0.2, -0.15) is 0 Å². The Morgan fingerprint density at radius 2 is 1.43 bits per heavy atom. The molecule has 6 nitrogen and oxygen atoms in total. The van der Waals surface area contributed by atoms with Gasteiger partial charge in [0, 0.05) is 6.54 Å². The highest BCUT2D eigenvalue weighted by atomic mass is 16.6. The molecule has 0 unspecified atom stereocenters. The van der Waals surface area contributed by atoms with Crippen LogP contribution in [-0.4, -0.2) is 46.2 Å². The number of hydrogen-bond donors (Lipinski definition) is 2. The lowest BCUT2D eigenvalue weighted by atomic mass is 9.77. The molecule has 1 aliphatic heterocycles. The Morgan fingerprint density at radius 1 is 0.919 bits per heavy atom. The van der Waals surface area contributed by atoms with Gasteiger partial charge in [0.25, 0.3) is 0 Å². The lowest BCUT2D eigenvalue weighted by Crippen LogP contribution is -2.57. The summed E-state index contributed by atoms with van der Waals surface area (Å²) in [4.78, 5) is 28.1.